The molecule has 0 saturated carbocycles. The summed E-state index contributed by atoms with van der Waals surface area (Å²) in [5, 5.41) is 14.6. The quantitative estimate of drug-likeness (QED) is 0.564. The molecule has 29 heavy (non-hydrogen) atoms. The monoisotopic (exact) mass is 409 g/mol. The van der Waals surface area contributed by atoms with E-state index in [0.29, 0.717) is 19.0 Å². The van der Waals surface area contributed by atoms with Crippen molar-refractivity contribution < 1.29 is 19.4 Å². The molecule has 2 N–H and O–H groups in total. The summed E-state index contributed by atoms with van der Waals surface area (Å²) < 4.78 is 11.9. The number of carbonyl (C=O) groups is 1. The van der Waals surface area contributed by atoms with Crippen molar-refractivity contribution in [3.8, 4) is 11.5 Å². The van der Waals surface area contributed by atoms with Gasteiger partial charge in [-0.05, 0) is 35.4 Å². The van der Waals surface area contributed by atoms with Gasteiger partial charge in [-0.3, -0.25) is 10.1 Å². The Hall–Kier alpha value is -2.70. The van der Waals surface area contributed by atoms with Crippen LogP contribution in [0.25, 0.3) is 10.8 Å². The average Bonchev–Trinajstić information content (AvgIpc) is 3.22. The molecule has 150 valence electrons. The maximum absolute atomic E-state index is 11.4. The number of para-hydroxylation sites is 1. The van der Waals surface area contributed by atoms with Crippen LogP contribution in [0.2, 0.25) is 0 Å². The number of aliphatic carboxylic acids is 1. The summed E-state index contributed by atoms with van der Waals surface area (Å²) in [6, 6.07) is 19.4. The topological polar surface area (TPSA) is 67.8 Å². The number of hydrogen-bond donors (Lipinski definition) is 2. The highest BCUT2D eigenvalue weighted by atomic mass is 32.2. The lowest BCUT2D eigenvalue weighted by molar-refractivity contribution is -0.138. The van der Waals surface area contributed by atoms with Crippen LogP contribution in [-0.4, -0.2) is 36.1 Å². The standard InChI is InChI=1S/C23H23NO4S/c1-15-6-2-5-9-19(15)27-12-13-28-20-11-10-16-7-3-4-8-17(16)21(20)22-24-18(14-29-22)23(25)26/h2-11,18,22,24H,12-14H2,1H3,(H,25,26). The van der Waals surface area contributed by atoms with Crippen LogP contribution in [0.3, 0.4) is 0 Å². The molecule has 1 saturated heterocycles. The van der Waals surface area contributed by atoms with Crippen LogP contribution in [-0.2, 0) is 4.79 Å². The molecule has 2 atom stereocenters. The van der Waals surface area contributed by atoms with E-state index in [1.165, 1.54) is 0 Å². The second-order valence-corrected chi connectivity index (χ2v) is 8.07. The SMILES string of the molecule is Cc1ccccc1OCCOc1ccc2ccccc2c1C1NC(C(=O)O)CS1. The zero-order chi connectivity index (χ0) is 20.2. The van der Waals surface area contributed by atoms with Gasteiger partial charge in [-0.15, -0.1) is 11.8 Å². The molecule has 1 aliphatic heterocycles. The van der Waals surface area contributed by atoms with Crippen molar-refractivity contribution in [3.63, 3.8) is 0 Å². The van der Waals surface area contributed by atoms with Gasteiger partial charge >= 0.3 is 5.97 Å². The summed E-state index contributed by atoms with van der Waals surface area (Å²) in [5.74, 6) is 1.31. The minimum atomic E-state index is -0.825. The normalized spacial score (nSPS) is 18.7. The minimum Gasteiger partial charge on any atom is -0.490 e. The number of hydrogen-bond acceptors (Lipinski definition) is 5. The summed E-state index contributed by atoms with van der Waals surface area (Å²) in [7, 11) is 0. The molecule has 0 spiro atoms. The van der Waals surface area contributed by atoms with Gasteiger partial charge in [-0.2, -0.15) is 0 Å². The van der Waals surface area contributed by atoms with Crippen molar-refractivity contribution in [2.24, 2.45) is 0 Å². The van der Waals surface area contributed by atoms with E-state index in [-0.39, 0.29) is 5.37 Å². The fraction of sp³-hybridized carbons (Fsp3) is 0.261. The van der Waals surface area contributed by atoms with Crippen LogP contribution in [0.1, 0.15) is 16.5 Å². The number of nitrogens with one attached hydrogen (secondary N) is 1. The molecule has 3 aromatic rings. The van der Waals surface area contributed by atoms with Crippen LogP contribution < -0.4 is 14.8 Å². The van der Waals surface area contributed by atoms with E-state index in [0.717, 1.165) is 33.4 Å². The van der Waals surface area contributed by atoms with Gasteiger partial charge in [0, 0.05) is 11.3 Å². The fourth-order valence-electron chi connectivity index (χ4n) is 3.47. The first kappa shape index (κ1) is 19.6. The highest BCUT2D eigenvalue weighted by Crippen LogP contribution is 2.41. The van der Waals surface area contributed by atoms with Gasteiger partial charge in [0.15, 0.2) is 0 Å². The number of fused-ring (bicyclic) bond motifs is 1. The van der Waals surface area contributed by atoms with Crippen molar-refractivity contribution in [2.45, 2.75) is 18.3 Å². The zero-order valence-corrected chi connectivity index (χ0v) is 16.9. The summed E-state index contributed by atoms with van der Waals surface area (Å²) in [5.41, 5.74) is 2.08. The molecule has 0 radical (unpaired) electrons. The van der Waals surface area contributed by atoms with Crippen molar-refractivity contribution in [2.75, 3.05) is 19.0 Å². The Morgan fingerprint density at radius 3 is 2.52 bits per heavy atom. The second-order valence-electron chi connectivity index (χ2n) is 6.93. The Balaban J connectivity index is 1.53. The van der Waals surface area contributed by atoms with Crippen molar-refractivity contribution in [3.05, 3.63) is 71.8 Å². The molecule has 3 aromatic carbocycles. The van der Waals surface area contributed by atoms with Crippen LogP contribution in [0, 0.1) is 6.92 Å². The number of carboxylic acids is 1. The largest absolute Gasteiger partial charge is 0.490 e. The third-order valence-electron chi connectivity index (χ3n) is 4.97. The van der Waals surface area contributed by atoms with Crippen molar-refractivity contribution in [1.82, 2.24) is 5.32 Å². The van der Waals surface area contributed by atoms with E-state index in [4.69, 9.17) is 9.47 Å². The third kappa shape index (κ3) is 4.33. The van der Waals surface area contributed by atoms with Crippen molar-refractivity contribution in [1.29, 1.82) is 0 Å². The minimum absolute atomic E-state index is 0.130. The van der Waals surface area contributed by atoms with Gasteiger partial charge in [0.1, 0.15) is 30.8 Å². The van der Waals surface area contributed by atoms with Gasteiger partial charge in [-0.25, -0.2) is 0 Å². The summed E-state index contributed by atoms with van der Waals surface area (Å²) in [6.07, 6.45) is 0. The predicted molar refractivity (Wildman–Crippen MR) is 116 cm³/mol. The molecule has 0 aliphatic carbocycles. The molecule has 0 amide bonds. The lowest BCUT2D eigenvalue weighted by Gasteiger charge is -2.19. The molecule has 0 bridgehead atoms. The maximum atomic E-state index is 11.4. The van der Waals surface area contributed by atoms with E-state index in [9.17, 15) is 9.90 Å². The van der Waals surface area contributed by atoms with Gasteiger partial charge in [0.2, 0.25) is 0 Å². The highest BCUT2D eigenvalue weighted by molar-refractivity contribution is 7.99. The Morgan fingerprint density at radius 2 is 1.76 bits per heavy atom. The van der Waals surface area contributed by atoms with E-state index < -0.39 is 12.0 Å². The van der Waals surface area contributed by atoms with E-state index in [1.807, 2.05) is 55.5 Å². The highest BCUT2D eigenvalue weighted by Gasteiger charge is 2.32. The number of ether oxygens (including phenoxy) is 2. The Kier molecular flexibility index (Phi) is 5.92. The Bertz CT molecular complexity index is 1020. The molecule has 2 unspecified atom stereocenters. The van der Waals surface area contributed by atoms with Gasteiger partial charge in [-0.1, -0.05) is 48.5 Å². The molecule has 6 heteroatoms. The first-order chi connectivity index (χ1) is 14.1. The number of rotatable bonds is 7. The Morgan fingerprint density at radius 1 is 1.03 bits per heavy atom. The Labute approximate surface area is 174 Å². The van der Waals surface area contributed by atoms with Crippen LogP contribution in [0.5, 0.6) is 11.5 Å². The van der Waals surface area contributed by atoms with E-state index in [1.54, 1.807) is 11.8 Å². The average molecular weight is 410 g/mol. The molecule has 1 heterocycles. The first-order valence-corrected chi connectivity index (χ1v) is 10.6. The predicted octanol–water partition coefficient (Wildman–Crippen LogP) is 4.39. The van der Waals surface area contributed by atoms with E-state index in [2.05, 4.69) is 17.4 Å². The summed E-state index contributed by atoms with van der Waals surface area (Å²) >= 11 is 1.60. The molecular formula is C23H23NO4S. The maximum Gasteiger partial charge on any atom is 0.321 e. The smallest absolute Gasteiger partial charge is 0.321 e. The molecule has 1 aliphatic rings. The number of thioether (sulfide) groups is 1. The molecular weight excluding hydrogens is 386 g/mol. The molecule has 1 fully saturated rings. The van der Waals surface area contributed by atoms with Gasteiger partial charge in [0.05, 0.1) is 5.37 Å². The lowest BCUT2D eigenvalue weighted by atomic mass is 10.0. The van der Waals surface area contributed by atoms with Crippen LogP contribution in [0.4, 0.5) is 0 Å². The molecule has 0 aromatic heterocycles. The summed E-state index contributed by atoms with van der Waals surface area (Å²) in [6.45, 7) is 2.85. The number of carboxylic acid groups (broad SMARTS) is 1. The lowest BCUT2D eigenvalue weighted by Crippen LogP contribution is -2.33. The van der Waals surface area contributed by atoms with Crippen molar-refractivity contribution >= 4 is 28.5 Å². The van der Waals surface area contributed by atoms with Crippen LogP contribution >= 0.6 is 11.8 Å². The fourth-order valence-corrected chi connectivity index (χ4v) is 4.77. The third-order valence-corrected chi connectivity index (χ3v) is 6.20. The first-order valence-electron chi connectivity index (χ1n) is 9.57. The van der Waals surface area contributed by atoms with E-state index >= 15 is 0 Å². The van der Waals surface area contributed by atoms with Gasteiger partial charge < -0.3 is 14.6 Å². The second kappa shape index (κ2) is 8.76. The zero-order valence-electron chi connectivity index (χ0n) is 16.1. The molecule has 4 rings (SSSR count). The van der Waals surface area contributed by atoms with Gasteiger partial charge in [0.25, 0.3) is 0 Å². The summed E-state index contributed by atoms with van der Waals surface area (Å²) in [4.78, 5) is 11.4. The number of benzene rings is 3. The number of aryl methyl sites for hydroxylation is 1. The van der Waals surface area contributed by atoms with Crippen LogP contribution in [0.15, 0.2) is 60.7 Å². The molecule has 5 nitrogen and oxygen atoms in total.